The van der Waals surface area contributed by atoms with Gasteiger partial charge in [0.25, 0.3) is 0 Å². The molecule has 0 unspecified atom stereocenters. The number of allylic oxidation sites excluding steroid dienone is 1. The number of benzene rings is 1. The maximum atomic E-state index is 12.4. The summed E-state index contributed by atoms with van der Waals surface area (Å²) >= 11 is 0. The van der Waals surface area contributed by atoms with Crippen LogP contribution in [0.2, 0.25) is 0 Å². The summed E-state index contributed by atoms with van der Waals surface area (Å²) in [6, 6.07) is 13.6. The fourth-order valence-corrected chi connectivity index (χ4v) is 6.75. The van der Waals surface area contributed by atoms with Gasteiger partial charge in [-0.3, -0.25) is 4.98 Å². The van der Waals surface area contributed by atoms with Crippen LogP contribution in [0, 0.1) is 35.0 Å². The van der Waals surface area contributed by atoms with Crippen LogP contribution in [-0.2, 0) is 10.0 Å². The fourth-order valence-electron chi connectivity index (χ4n) is 5.07. The number of aromatic nitrogens is 1. The zero-order valence-corrected chi connectivity index (χ0v) is 18.3. The van der Waals surface area contributed by atoms with Crippen molar-refractivity contribution in [2.24, 2.45) is 23.7 Å². The molecule has 4 rings (SSSR count). The molecule has 0 spiro atoms. The van der Waals surface area contributed by atoms with Crippen molar-refractivity contribution in [3.63, 3.8) is 0 Å². The molecule has 1 aromatic carbocycles. The van der Waals surface area contributed by atoms with Crippen molar-refractivity contribution in [1.29, 1.82) is 5.26 Å². The van der Waals surface area contributed by atoms with E-state index in [9.17, 15) is 13.7 Å². The lowest BCUT2D eigenvalue weighted by Gasteiger charge is -2.41. The van der Waals surface area contributed by atoms with Gasteiger partial charge in [-0.25, -0.2) is 13.1 Å². The average Bonchev–Trinajstić information content (AvgIpc) is 2.97. The van der Waals surface area contributed by atoms with E-state index in [1.54, 1.807) is 12.3 Å². The van der Waals surface area contributed by atoms with Gasteiger partial charge in [-0.1, -0.05) is 44.2 Å². The van der Waals surface area contributed by atoms with Crippen LogP contribution in [0.5, 0.6) is 0 Å². The third kappa shape index (κ3) is 3.68. The summed E-state index contributed by atoms with van der Waals surface area (Å²) in [4.78, 5) is 4.56. The molecule has 1 aliphatic carbocycles. The number of pyridine rings is 1. The molecule has 2 aliphatic rings. The first-order valence-electron chi connectivity index (χ1n) is 10.5. The van der Waals surface area contributed by atoms with Crippen molar-refractivity contribution in [2.75, 3.05) is 0 Å². The van der Waals surface area contributed by atoms with Crippen LogP contribution >= 0.6 is 0 Å². The lowest BCUT2D eigenvalue weighted by Crippen LogP contribution is -2.43. The number of hydrogen-bond donors (Lipinski definition) is 1. The Hall–Kier alpha value is -2.49. The van der Waals surface area contributed by atoms with E-state index in [2.05, 4.69) is 35.7 Å². The van der Waals surface area contributed by atoms with Crippen LogP contribution in [0.1, 0.15) is 38.4 Å². The molecule has 5 nitrogen and oxygen atoms in total. The number of fused-ring (bicyclic) bond motifs is 1. The Morgan fingerprint density at radius 2 is 1.93 bits per heavy atom. The summed E-state index contributed by atoms with van der Waals surface area (Å²) in [5, 5.41) is 8.93. The van der Waals surface area contributed by atoms with Crippen molar-refractivity contribution >= 4 is 16.1 Å². The summed E-state index contributed by atoms with van der Waals surface area (Å²) in [6.07, 6.45) is 6.84. The van der Waals surface area contributed by atoms with Crippen LogP contribution in [-0.4, -0.2) is 24.7 Å². The Kier molecular flexibility index (Phi) is 5.52. The quantitative estimate of drug-likeness (QED) is 0.804. The second-order valence-electron chi connectivity index (χ2n) is 8.69. The average molecular weight is 422 g/mol. The zero-order valence-electron chi connectivity index (χ0n) is 17.5. The van der Waals surface area contributed by atoms with Crippen LogP contribution < -0.4 is 4.72 Å². The Morgan fingerprint density at radius 1 is 1.17 bits per heavy atom. The number of hydrogen-bond acceptors (Lipinski definition) is 4. The van der Waals surface area contributed by atoms with E-state index in [0.717, 1.165) is 23.2 Å². The fraction of sp³-hybridized carbons (Fsp3) is 0.417. The minimum absolute atomic E-state index is 0.0173. The zero-order chi connectivity index (χ0) is 21.5. The number of nitrogens with one attached hydrogen (secondary N) is 1. The molecule has 1 aromatic heterocycles. The van der Waals surface area contributed by atoms with Gasteiger partial charge in [0.2, 0.25) is 10.0 Å². The molecule has 1 saturated carbocycles. The number of nitrogens with zero attached hydrogens (tertiary/aromatic N) is 2. The molecule has 30 heavy (non-hydrogen) atoms. The minimum atomic E-state index is -3.24. The predicted molar refractivity (Wildman–Crippen MR) is 119 cm³/mol. The highest BCUT2D eigenvalue weighted by atomic mass is 32.2. The number of nitriles is 1. The summed E-state index contributed by atoms with van der Waals surface area (Å²) in [7, 11) is -3.24. The highest BCUT2D eigenvalue weighted by molar-refractivity contribution is 7.90. The van der Waals surface area contributed by atoms with Crippen LogP contribution in [0.4, 0.5) is 0 Å². The molecule has 156 valence electrons. The largest absolute Gasteiger partial charge is 0.256 e. The van der Waals surface area contributed by atoms with Crippen molar-refractivity contribution in [3.8, 4) is 17.2 Å². The first kappa shape index (κ1) is 20.8. The molecule has 1 N–H and O–H groups in total. The molecular formula is C24H27N3O2S. The predicted octanol–water partition coefficient (Wildman–Crippen LogP) is 4.23. The van der Waals surface area contributed by atoms with E-state index >= 15 is 0 Å². The normalized spacial score (nSPS) is 32.6. The third-order valence-electron chi connectivity index (χ3n) is 7.02. The molecule has 6 atom stereocenters. The van der Waals surface area contributed by atoms with Crippen LogP contribution in [0.15, 0.2) is 48.7 Å². The maximum absolute atomic E-state index is 12.4. The summed E-state index contributed by atoms with van der Waals surface area (Å²) in [5.41, 5.74) is 3.24. The molecular weight excluding hydrogens is 394 g/mol. The van der Waals surface area contributed by atoms with Crippen molar-refractivity contribution in [1.82, 2.24) is 9.71 Å². The number of rotatable bonds is 3. The van der Waals surface area contributed by atoms with Crippen molar-refractivity contribution < 1.29 is 8.42 Å². The first-order valence-corrected chi connectivity index (χ1v) is 12.0. The van der Waals surface area contributed by atoms with Gasteiger partial charge in [-0.15, -0.1) is 0 Å². The Bertz CT molecular complexity index is 1100. The smallest absolute Gasteiger partial charge is 0.214 e. The Balaban J connectivity index is 1.59. The highest BCUT2D eigenvalue weighted by Crippen LogP contribution is 2.45. The highest BCUT2D eigenvalue weighted by Gasteiger charge is 2.51. The van der Waals surface area contributed by atoms with Crippen molar-refractivity contribution in [3.05, 3.63) is 59.9 Å². The Morgan fingerprint density at radius 3 is 2.63 bits per heavy atom. The first-order chi connectivity index (χ1) is 14.3. The molecule has 2 heterocycles. The topological polar surface area (TPSA) is 82.8 Å². The molecule has 0 radical (unpaired) electrons. The van der Waals surface area contributed by atoms with Gasteiger partial charge < -0.3 is 0 Å². The second-order valence-corrected chi connectivity index (χ2v) is 10.8. The van der Waals surface area contributed by atoms with E-state index in [4.69, 9.17) is 0 Å². The lowest BCUT2D eigenvalue weighted by atomic mass is 9.64. The SMILES string of the molecule is C[C@H]1[C@H](/C=C/c2ccc(-c3ccccc3C#N)cn2)[C@@H]2[C@@H](C)S(=O)(=O)N[C@@H]2C[C@@H]1C. The van der Waals surface area contributed by atoms with Gasteiger partial charge in [-0.05, 0) is 55.2 Å². The summed E-state index contributed by atoms with van der Waals surface area (Å²) < 4.78 is 27.7. The Labute approximate surface area is 178 Å². The van der Waals surface area contributed by atoms with E-state index in [1.165, 1.54) is 0 Å². The van der Waals surface area contributed by atoms with E-state index in [1.807, 2.05) is 43.3 Å². The van der Waals surface area contributed by atoms with E-state index in [0.29, 0.717) is 17.4 Å². The second kappa shape index (κ2) is 7.98. The van der Waals surface area contributed by atoms with Crippen molar-refractivity contribution in [2.45, 2.75) is 38.5 Å². The van der Waals surface area contributed by atoms with E-state index < -0.39 is 10.0 Å². The van der Waals surface area contributed by atoms with Gasteiger partial charge in [0, 0.05) is 23.4 Å². The summed E-state index contributed by atoms with van der Waals surface area (Å²) in [6.45, 7) is 6.26. The molecule has 1 aliphatic heterocycles. The molecule has 2 aromatic rings. The van der Waals surface area contributed by atoms with Crippen LogP contribution in [0.25, 0.3) is 17.2 Å². The lowest BCUT2D eigenvalue weighted by molar-refractivity contribution is 0.127. The molecule has 0 amide bonds. The van der Waals surface area contributed by atoms with Gasteiger partial charge in [0.05, 0.1) is 22.6 Å². The van der Waals surface area contributed by atoms with Gasteiger partial charge in [-0.2, -0.15) is 5.26 Å². The third-order valence-corrected chi connectivity index (χ3v) is 8.95. The molecule has 1 saturated heterocycles. The van der Waals surface area contributed by atoms with Gasteiger partial charge in [0.1, 0.15) is 0 Å². The summed E-state index contributed by atoms with van der Waals surface area (Å²) in [5.74, 6) is 1.12. The minimum Gasteiger partial charge on any atom is -0.256 e. The van der Waals surface area contributed by atoms with Crippen LogP contribution in [0.3, 0.4) is 0 Å². The molecule has 6 heteroatoms. The standard InChI is InChI=1S/C24H27N3O2S/c1-15-12-23-24(17(3)30(28,29)27-23)21(16(15)2)11-10-20-9-8-19(14-26-20)22-7-5-4-6-18(22)13-25/h4-11,14-17,21,23-24,27H,12H2,1-3H3/b11-10+/t15-,16+,17+,21-,23+,24-/m0/s1. The van der Waals surface area contributed by atoms with Gasteiger partial charge in [0.15, 0.2) is 0 Å². The monoisotopic (exact) mass is 421 g/mol. The van der Waals surface area contributed by atoms with E-state index in [-0.39, 0.29) is 23.1 Å². The maximum Gasteiger partial charge on any atom is 0.214 e. The molecule has 0 bridgehead atoms. The number of sulfonamides is 1. The van der Waals surface area contributed by atoms with Gasteiger partial charge >= 0.3 is 0 Å². The molecule has 2 fully saturated rings.